The molecule has 0 saturated carbocycles. The number of hydrogen-bond donors (Lipinski definition) is 2. The molecule has 168 valence electrons. The summed E-state index contributed by atoms with van der Waals surface area (Å²) in [6, 6.07) is 10.8. The van der Waals surface area contributed by atoms with Crippen molar-refractivity contribution in [2.45, 2.75) is 19.1 Å². The highest BCUT2D eigenvalue weighted by molar-refractivity contribution is 5.97. The Morgan fingerprint density at radius 1 is 1.09 bits per heavy atom. The van der Waals surface area contributed by atoms with Gasteiger partial charge >= 0.3 is 6.18 Å². The Morgan fingerprint density at radius 2 is 1.88 bits per heavy atom. The molecule has 0 bridgehead atoms. The Labute approximate surface area is 182 Å². The molecule has 2 amide bonds. The molecule has 3 aromatic rings. The van der Waals surface area contributed by atoms with Crippen LogP contribution in [0.4, 0.5) is 18.9 Å². The van der Waals surface area contributed by atoms with Gasteiger partial charge in [-0.25, -0.2) is 4.98 Å². The molecule has 1 aromatic heterocycles. The molecule has 0 saturated heterocycles. The number of nitrogens with zero attached hydrogens (tertiary/aromatic N) is 2. The minimum Gasteiger partial charge on any atom is -0.492 e. The number of imidazole rings is 1. The Balaban J connectivity index is 1.42. The Hall–Kier alpha value is -3.82. The molecule has 0 radical (unpaired) electrons. The first kappa shape index (κ1) is 22.9. The minimum absolute atomic E-state index is 0.0851. The zero-order valence-electron chi connectivity index (χ0n) is 16.9. The van der Waals surface area contributed by atoms with Gasteiger partial charge in [0.15, 0.2) is 0 Å². The van der Waals surface area contributed by atoms with E-state index in [1.54, 1.807) is 47.6 Å². The van der Waals surface area contributed by atoms with Gasteiger partial charge in [0.25, 0.3) is 5.91 Å². The average molecular weight is 446 g/mol. The fourth-order valence-corrected chi connectivity index (χ4v) is 2.79. The smallest absolute Gasteiger partial charge is 0.416 e. The first-order valence-corrected chi connectivity index (χ1v) is 9.75. The van der Waals surface area contributed by atoms with Crippen molar-refractivity contribution in [2.24, 2.45) is 0 Å². The van der Waals surface area contributed by atoms with Crippen LogP contribution in [-0.4, -0.2) is 34.5 Å². The van der Waals surface area contributed by atoms with Gasteiger partial charge in [0.1, 0.15) is 12.4 Å². The Morgan fingerprint density at radius 3 is 2.56 bits per heavy atom. The van der Waals surface area contributed by atoms with Gasteiger partial charge in [-0.15, -0.1) is 0 Å². The van der Waals surface area contributed by atoms with Gasteiger partial charge < -0.3 is 19.9 Å². The molecule has 0 unspecified atom stereocenters. The lowest BCUT2D eigenvalue weighted by atomic mass is 10.2. The number of ether oxygens (including phenoxy) is 1. The highest BCUT2D eigenvalue weighted by atomic mass is 19.4. The molecule has 0 aliphatic rings. The summed E-state index contributed by atoms with van der Waals surface area (Å²) in [5.74, 6) is -0.288. The number of nitrogens with one attached hydrogen (secondary N) is 2. The van der Waals surface area contributed by atoms with E-state index in [4.69, 9.17) is 4.74 Å². The zero-order valence-corrected chi connectivity index (χ0v) is 16.9. The van der Waals surface area contributed by atoms with Gasteiger partial charge in [-0.2, -0.15) is 13.2 Å². The summed E-state index contributed by atoms with van der Waals surface area (Å²) in [4.78, 5) is 28.3. The monoisotopic (exact) mass is 446 g/mol. The molecule has 0 spiro atoms. The Kier molecular flexibility index (Phi) is 7.48. The molecule has 32 heavy (non-hydrogen) atoms. The van der Waals surface area contributed by atoms with E-state index in [0.717, 1.165) is 12.1 Å². The normalized spacial score (nSPS) is 11.1. The SMILES string of the molecule is O=C(CCn1ccnc1)Nc1cccc(C(=O)NCCOc2ccc(C(F)(F)F)cc2)c1. The molecule has 3 rings (SSSR count). The first-order chi connectivity index (χ1) is 15.3. The second-order valence-corrected chi connectivity index (χ2v) is 6.81. The maximum atomic E-state index is 12.6. The third-order valence-corrected chi connectivity index (χ3v) is 4.40. The van der Waals surface area contributed by atoms with E-state index in [2.05, 4.69) is 15.6 Å². The minimum atomic E-state index is -4.40. The largest absolute Gasteiger partial charge is 0.492 e. The van der Waals surface area contributed by atoms with Crippen molar-refractivity contribution in [3.63, 3.8) is 0 Å². The number of aryl methyl sites for hydroxylation is 1. The standard InChI is InChI=1S/C22H21F3N4O3/c23-22(24,25)17-4-6-19(7-5-17)32-13-10-27-21(31)16-2-1-3-18(14-16)28-20(30)8-11-29-12-9-26-15-29/h1-7,9,12,14-15H,8,10-11,13H2,(H,27,31)(H,28,30). The molecule has 0 atom stereocenters. The molecular weight excluding hydrogens is 425 g/mol. The zero-order chi connectivity index (χ0) is 23.0. The van der Waals surface area contributed by atoms with Gasteiger partial charge in [0.05, 0.1) is 18.4 Å². The van der Waals surface area contributed by atoms with Gasteiger partial charge in [0.2, 0.25) is 5.91 Å². The number of halogens is 3. The fraction of sp³-hybridized carbons (Fsp3) is 0.227. The number of carbonyl (C=O) groups excluding carboxylic acids is 2. The number of amides is 2. The second kappa shape index (κ2) is 10.5. The summed E-state index contributed by atoms with van der Waals surface area (Å²) in [7, 11) is 0. The van der Waals surface area contributed by atoms with Crippen molar-refractivity contribution in [3.8, 4) is 5.75 Å². The predicted molar refractivity (Wildman–Crippen MR) is 111 cm³/mol. The second-order valence-electron chi connectivity index (χ2n) is 6.81. The molecule has 1 heterocycles. The van der Waals surface area contributed by atoms with Gasteiger partial charge in [-0.05, 0) is 42.5 Å². The van der Waals surface area contributed by atoms with Crippen LogP contribution in [0, 0.1) is 0 Å². The van der Waals surface area contributed by atoms with Crippen LogP contribution in [-0.2, 0) is 17.5 Å². The van der Waals surface area contributed by atoms with Crippen molar-refractivity contribution < 1.29 is 27.5 Å². The van der Waals surface area contributed by atoms with Crippen molar-refractivity contribution in [1.29, 1.82) is 0 Å². The lowest BCUT2D eigenvalue weighted by molar-refractivity contribution is -0.137. The van der Waals surface area contributed by atoms with Gasteiger partial charge in [-0.1, -0.05) is 6.07 Å². The number of alkyl halides is 3. The number of carbonyl (C=O) groups is 2. The molecule has 7 nitrogen and oxygen atoms in total. The highest BCUT2D eigenvalue weighted by Gasteiger charge is 2.30. The molecule has 0 aliphatic heterocycles. The first-order valence-electron chi connectivity index (χ1n) is 9.75. The number of hydrogen-bond acceptors (Lipinski definition) is 4. The van der Waals surface area contributed by atoms with E-state index < -0.39 is 11.7 Å². The van der Waals surface area contributed by atoms with Crippen LogP contribution in [0.2, 0.25) is 0 Å². The number of benzene rings is 2. The number of anilines is 1. The van der Waals surface area contributed by atoms with Crippen molar-refractivity contribution in [2.75, 3.05) is 18.5 Å². The van der Waals surface area contributed by atoms with E-state index in [1.165, 1.54) is 12.1 Å². The number of rotatable bonds is 9. The summed E-state index contributed by atoms with van der Waals surface area (Å²) in [5.41, 5.74) is 0.0908. The third-order valence-electron chi connectivity index (χ3n) is 4.40. The summed E-state index contributed by atoms with van der Waals surface area (Å²) in [6.07, 6.45) is 0.877. The molecule has 10 heteroatoms. The van der Waals surface area contributed by atoms with E-state index in [9.17, 15) is 22.8 Å². The number of aromatic nitrogens is 2. The van der Waals surface area contributed by atoms with Crippen molar-refractivity contribution in [3.05, 3.63) is 78.4 Å². The van der Waals surface area contributed by atoms with Gasteiger partial charge in [-0.3, -0.25) is 9.59 Å². The third kappa shape index (κ3) is 6.86. The average Bonchev–Trinajstić information content (AvgIpc) is 3.29. The van der Waals surface area contributed by atoms with Crippen molar-refractivity contribution >= 4 is 17.5 Å². The predicted octanol–water partition coefficient (Wildman–Crippen LogP) is 3.74. The molecule has 2 aromatic carbocycles. The summed E-state index contributed by atoms with van der Waals surface area (Å²) >= 11 is 0. The maximum Gasteiger partial charge on any atom is 0.416 e. The lowest BCUT2D eigenvalue weighted by Crippen LogP contribution is -2.28. The molecule has 2 N–H and O–H groups in total. The summed E-state index contributed by atoms with van der Waals surface area (Å²) < 4.78 is 44.8. The summed E-state index contributed by atoms with van der Waals surface area (Å²) in [5, 5.41) is 5.41. The lowest BCUT2D eigenvalue weighted by Gasteiger charge is -2.11. The topological polar surface area (TPSA) is 85.2 Å². The van der Waals surface area contributed by atoms with E-state index in [-0.39, 0.29) is 37.1 Å². The fourth-order valence-electron chi connectivity index (χ4n) is 2.79. The van der Waals surface area contributed by atoms with Crippen LogP contribution < -0.4 is 15.4 Å². The van der Waals surface area contributed by atoms with E-state index in [1.807, 2.05) is 0 Å². The maximum absolute atomic E-state index is 12.6. The quantitative estimate of drug-likeness (QED) is 0.491. The van der Waals surface area contributed by atoms with Crippen LogP contribution >= 0.6 is 0 Å². The van der Waals surface area contributed by atoms with Gasteiger partial charge in [0, 0.05) is 36.6 Å². The van der Waals surface area contributed by atoms with E-state index in [0.29, 0.717) is 17.8 Å². The Bertz CT molecular complexity index is 1040. The van der Waals surface area contributed by atoms with E-state index >= 15 is 0 Å². The van der Waals surface area contributed by atoms with Crippen LogP contribution in [0.1, 0.15) is 22.3 Å². The van der Waals surface area contributed by atoms with Crippen LogP contribution in [0.5, 0.6) is 5.75 Å². The summed E-state index contributed by atoms with van der Waals surface area (Å²) in [6.45, 7) is 0.730. The van der Waals surface area contributed by atoms with Crippen LogP contribution in [0.3, 0.4) is 0 Å². The molecule has 0 aliphatic carbocycles. The van der Waals surface area contributed by atoms with Crippen LogP contribution in [0.25, 0.3) is 0 Å². The molecular formula is C22H21F3N4O3. The molecule has 0 fully saturated rings. The van der Waals surface area contributed by atoms with Crippen LogP contribution in [0.15, 0.2) is 67.3 Å². The van der Waals surface area contributed by atoms with Crippen molar-refractivity contribution in [1.82, 2.24) is 14.9 Å². The highest BCUT2D eigenvalue weighted by Crippen LogP contribution is 2.30.